The highest BCUT2D eigenvalue weighted by Gasteiger charge is 2.45. The molecular weight excluding hydrogens is 425 g/mol. The van der Waals surface area contributed by atoms with Gasteiger partial charge in [0.1, 0.15) is 18.5 Å². The van der Waals surface area contributed by atoms with Gasteiger partial charge in [0.25, 0.3) is 0 Å². The normalized spacial score (nSPS) is 21.1. The Hall–Kier alpha value is -2.09. The molecular formula is C22H23Cl2N3O3. The first-order valence-corrected chi connectivity index (χ1v) is 10.4. The first-order valence-electron chi connectivity index (χ1n) is 9.67. The summed E-state index contributed by atoms with van der Waals surface area (Å²) in [6, 6.07) is 13.3. The molecule has 1 N–H and O–H groups in total. The van der Waals surface area contributed by atoms with Crippen LogP contribution in [0.25, 0.3) is 0 Å². The van der Waals surface area contributed by atoms with E-state index >= 15 is 0 Å². The molecule has 6 nitrogen and oxygen atoms in total. The van der Waals surface area contributed by atoms with Crippen molar-refractivity contribution in [2.24, 2.45) is 0 Å². The van der Waals surface area contributed by atoms with E-state index in [1.165, 1.54) is 5.56 Å². The second kappa shape index (κ2) is 9.37. The summed E-state index contributed by atoms with van der Waals surface area (Å²) in [5, 5.41) is 4.17. The van der Waals surface area contributed by atoms with Crippen LogP contribution in [0.4, 0.5) is 0 Å². The summed E-state index contributed by atoms with van der Waals surface area (Å²) < 4.78 is 20.4. The molecule has 30 heavy (non-hydrogen) atoms. The van der Waals surface area contributed by atoms with Gasteiger partial charge in [-0.25, -0.2) is 4.98 Å². The molecule has 0 bridgehead atoms. The van der Waals surface area contributed by atoms with E-state index in [2.05, 4.69) is 10.3 Å². The number of imidazole rings is 1. The third-order valence-electron chi connectivity index (χ3n) is 4.89. The number of rotatable bonds is 8. The zero-order valence-corrected chi connectivity index (χ0v) is 18.1. The lowest BCUT2D eigenvalue weighted by Crippen LogP contribution is -2.34. The van der Waals surface area contributed by atoms with Crippen molar-refractivity contribution in [3.05, 3.63) is 82.4 Å². The molecule has 0 spiro atoms. The van der Waals surface area contributed by atoms with Crippen LogP contribution in [-0.2, 0) is 28.4 Å². The van der Waals surface area contributed by atoms with E-state index in [9.17, 15) is 0 Å². The van der Waals surface area contributed by atoms with E-state index in [-0.39, 0.29) is 6.10 Å². The number of aromatic nitrogens is 2. The highest BCUT2D eigenvalue weighted by Crippen LogP contribution is 2.40. The number of hydrogen-bond acceptors (Lipinski definition) is 5. The third kappa shape index (κ3) is 4.79. The predicted octanol–water partition coefficient (Wildman–Crippen LogP) is 4.26. The molecule has 3 aromatic rings. The molecule has 0 amide bonds. The van der Waals surface area contributed by atoms with Crippen LogP contribution in [-0.4, -0.2) is 35.9 Å². The summed E-state index contributed by atoms with van der Waals surface area (Å²) in [6.45, 7) is 1.97. The van der Waals surface area contributed by atoms with E-state index in [0.29, 0.717) is 29.8 Å². The Morgan fingerprint density at radius 3 is 2.77 bits per heavy atom. The number of hydrogen-bond donors (Lipinski definition) is 1. The fraction of sp³-hybridized carbons (Fsp3) is 0.318. The second-order valence-corrected chi connectivity index (χ2v) is 7.99. The van der Waals surface area contributed by atoms with Gasteiger partial charge in [0.15, 0.2) is 0 Å². The monoisotopic (exact) mass is 447 g/mol. The van der Waals surface area contributed by atoms with Crippen LogP contribution < -0.4 is 10.1 Å². The summed E-state index contributed by atoms with van der Waals surface area (Å²) in [6.07, 6.45) is 5.03. The first-order chi connectivity index (χ1) is 14.6. The van der Waals surface area contributed by atoms with Crippen molar-refractivity contribution in [1.29, 1.82) is 0 Å². The Labute approximate surface area is 185 Å². The molecule has 0 radical (unpaired) electrons. The Morgan fingerprint density at radius 1 is 1.23 bits per heavy atom. The van der Waals surface area contributed by atoms with E-state index in [0.717, 1.165) is 17.9 Å². The van der Waals surface area contributed by atoms with Crippen molar-refractivity contribution in [3.63, 3.8) is 0 Å². The van der Waals surface area contributed by atoms with Gasteiger partial charge in [-0.2, -0.15) is 0 Å². The van der Waals surface area contributed by atoms with Crippen molar-refractivity contribution in [2.45, 2.75) is 25.0 Å². The molecule has 158 valence electrons. The van der Waals surface area contributed by atoms with E-state index in [4.69, 9.17) is 37.4 Å². The lowest BCUT2D eigenvalue weighted by atomic mass is 10.1. The molecule has 1 saturated heterocycles. The molecule has 0 unspecified atom stereocenters. The second-order valence-electron chi connectivity index (χ2n) is 7.15. The van der Waals surface area contributed by atoms with Crippen LogP contribution in [0, 0.1) is 0 Å². The minimum absolute atomic E-state index is 0.253. The number of benzene rings is 2. The quantitative estimate of drug-likeness (QED) is 0.558. The molecule has 1 aliphatic heterocycles. The fourth-order valence-corrected chi connectivity index (χ4v) is 4.02. The molecule has 4 rings (SSSR count). The van der Waals surface area contributed by atoms with Crippen LogP contribution in [0.1, 0.15) is 11.1 Å². The van der Waals surface area contributed by atoms with E-state index in [1.54, 1.807) is 24.7 Å². The van der Waals surface area contributed by atoms with Gasteiger partial charge in [-0.05, 0) is 36.9 Å². The van der Waals surface area contributed by atoms with Crippen molar-refractivity contribution >= 4 is 23.2 Å². The van der Waals surface area contributed by atoms with Gasteiger partial charge in [0.05, 0.1) is 24.5 Å². The largest absolute Gasteiger partial charge is 0.491 e. The standard InChI is InChI=1S/C22H23Cl2N3O3/c1-25-11-16-2-5-18(6-3-16)28-12-19-13-29-22(30-19,14-27-9-8-26-15-27)20-7-4-17(23)10-21(20)24/h2-10,15,19,25H,11-14H2,1H3/t19-,22-/m1/s1. The minimum atomic E-state index is -1.05. The lowest BCUT2D eigenvalue weighted by Gasteiger charge is -2.30. The van der Waals surface area contributed by atoms with Crippen molar-refractivity contribution in [3.8, 4) is 5.75 Å². The molecule has 0 aliphatic carbocycles. The van der Waals surface area contributed by atoms with Crippen molar-refractivity contribution in [1.82, 2.24) is 14.9 Å². The fourth-order valence-electron chi connectivity index (χ4n) is 3.47. The van der Waals surface area contributed by atoms with Gasteiger partial charge in [0, 0.05) is 29.5 Å². The van der Waals surface area contributed by atoms with E-state index in [1.807, 2.05) is 48.1 Å². The lowest BCUT2D eigenvalue weighted by molar-refractivity contribution is -0.189. The molecule has 8 heteroatoms. The van der Waals surface area contributed by atoms with Gasteiger partial charge in [-0.1, -0.05) is 41.4 Å². The van der Waals surface area contributed by atoms with Gasteiger partial charge in [-0.15, -0.1) is 0 Å². The van der Waals surface area contributed by atoms with Crippen molar-refractivity contribution in [2.75, 3.05) is 20.3 Å². The number of halogens is 2. The summed E-state index contributed by atoms with van der Waals surface area (Å²) in [5.41, 5.74) is 1.92. The molecule has 2 atom stereocenters. The van der Waals surface area contributed by atoms with Crippen LogP contribution >= 0.6 is 23.2 Å². The van der Waals surface area contributed by atoms with Crippen LogP contribution in [0.3, 0.4) is 0 Å². The highest BCUT2D eigenvalue weighted by molar-refractivity contribution is 6.35. The number of ether oxygens (including phenoxy) is 3. The summed E-state index contributed by atoms with van der Waals surface area (Å²) in [4.78, 5) is 4.11. The average Bonchev–Trinajstić information content (AvgIpc) is 3.38. The van der Waals surface area contributed by atoms with Crippen LogP contribution in [0.5, 0.6) is 5.75 Å². The molecule has 0 saturated carbocycles. The topological polar surface area (TPSA) is 57.5 Å². The summed E-state index contributed by atoms with van der Waals surface area (Å²) in [7, 11) is 1.92. The molecule has 1 aromatic heterocycles. The van der Waals surface area contributed by atoms with Gasteiger partial charge in [-0.3, -0.25) is 0 Å². The number of nitrogens with one attached hydrogen (secondary N) is 1. The zero-order chi connectivity index (χ0) is 21.0. The maximum absolute atomic E-state index is 6.49. The Kier molecular flexibility index (Phi) is 6.61. The molecule has 1 aliphatic rings. The Morgan fingerprint density at radius 2 is 2.07 bits per heavy atom. The third-order valence-corrected chi connectivity index (χ3v) is 5.44. The maximum Gasteiger partial charge on any atom is 0.215 e. The SMILES string of the molecule is CNCc1ccc(OC[C@@H]2CO[C@@](Cn3ccnc3)(c3ccc(Cl)cc3Cl)O2)cc1. The Bertz CT molecular complexity index is 966. The Balaban J connectivity index is 1.48. The van der Waals surface area contributed by atoms with Gasteiger partial charge in [0.2, 0.25) is 5.79 Å². The summed E-state index contributed by atoms with van der Waals surface area (Å²) in [5.74, 6) is -0.261. The molecule has 1 fully saturated rings. The molecule has 2 heterocycles. The van der Waals surface area contributed by atoms with Crippen LogP contribution in [0.2, 0.25) is 10.0 Å². The summed E-state index contributed by atoms with van der Waals surface area (Å²) >= 11 is 12.6. The van der Waals surface area contributed by atoms with Crippen LogP contribution in [0.15, 0.2) is 61.2 Å². The van der Waals surface area contributed by atoms with Gasteiger partial charge >= 0.3 is 0 Å². The minimum Gasteiger partial charge on any atom is -0.491 e. The molecule has 2 aromatic carbocycles. The van der Waals surface area contributed by atoms with Crippen molar-refractivity contribution < 1.29 is 14.2 Å². The predicted molar refractivity (Wildman–Crippen MR) is 116 cm³/mol. The maximum atomic E-state index is 6.49. The smallest absolute Gasteiger partial charge is 0.215 e. The zero-order valence-electron chi connectivity index (χ0n) is 16.6. The van der Waals surface area contributed by atoms with E-state index < -0.39 is 5.79 Å². The highest BCUT2D eigenvalue weighted by atomic mass is 35.5. The first kappa shape index (κ1) is 21.2. The van der Waals surface area contributed by atoms with Gasteiger partial charge < -0.3 is 24.1 Å². The average molecular weight is 448 g/mol. The number of nitrogens with zero attached hydrogens (tertiary/aromatic N) is 2.